The molecule has 5 nitrogen and oxygen atoms in total. The molecular weight excluding hydrogens is 294 g/mol. The van der Waals surface area contributed by atoms with Gasteiger partial charge in [-0.05, 0) is 24.8 Å². The van der Waals surface area contributed by atoms with Gasteiger partial charge < -0.3 is 4.84 Å². The van der Waals surface area contributed by atoms with E-state index in [4.69, 9.17) is 4.84 Å². The maximum Gasteiger partial charge on any atom is 0.333 e. The van der Waals surface area contributed by atoms with Gasteiger partial charge in [0.1, 0.15) is 0 Å². The van der Waals surface area contributed by atoms with Crippen molar-refractivity contribution >= 4 is 17.8 Å². The molecule has 0 atom stereocenters. The summed E-state index contributed by atoms with van der Waals surface area (Å²) in [7, 11) is 0. The minimum absolute atomic E-state index is 0.132. The van der Waals surface area contributed by atoms with Crippen LogP contribution in [0.4, 0.5) is 0 Å². The van der Waals surface area contributed by atoms with Crippen LogP contribution >= 0.6 is 0 Å². The summed E-state index contributed by atoms with van der Waals surface area (Å²) in [6.45, 7) is 0. The lowest BCUT2D eigenvalue weighted by atomic mass is 10.1. The molecule has 124 valence electrons. The number of benzene rings is 1. The lowest BCUT2D eigenvalue weighted by Crippen LogP contribution is -2.31. The fraction of sp³-hybridized carbons (Fsp3) is 0.500. The molecule has 0 aromatic heterocycles. The Morgan fingerprint density at radius 1 is 0.913 bits per heavy atom. The van der Waals surface area contributed by atoms with Crippen molar-refractivity contribution in [2.45, 2.75) is 57.8 Å². The van der Waals surface area contributed by atoms with E-state index in [0.717, 1.165) is 38.5 Å². The normalized spacial score (nSPS) is 14.3. The summed E-state index contributed by atoms with van der Waals surface area (Å²) >= 11 is 0. The van der Waals surface area contributed by atoms with Crippen molar-refractivity contribution in [3.63, 3.8) is 0 Å². The molecule has 0 unspecified atom stereocenters. The summed E-state index contributed by atoms with van der Waals surface area (Å²) in [4.78, 5) is 39.0. The van der Waals surface area contributed by atoms with E-state index < -0.39 is 17.8 Å². The van der Waals surface area contributed by atoms with E-state index in [1.54, 1.807) is 0 Å². The van der Waals surface area contributed by atoms with Gasteiger partial charge in [0.15, 0.2) is 0 Å². The smallest absolute Gasteiger partial charge is 0.330 e. The summed E-state index contributed by atoms with van der Waals surface area (Å²) in [6, 6.07) is 10.4. The number of carbonyl (C=O) groups is 3. The van der Waals surface area contributed by atoms with Gasteiger partial charge in [0.05, 0.1) is 0 Å². The number of aryl methyl sites for hydroxylation is 1. The van der Waals surface area contributed by atoms with Gasteiger partial charge in [0, 0.05) is 19.3 Å². The Kier molecular flexibility index (Phi) is 6.78. The maximum absolute atomic E-state index is 11.6. The highest BCUT2D eigenvalue weighted by molar-refractivity contribution is 6.01. The molecule has 1 aromatic rings. The molecule has 2 amide bonds. The topological polar surface area (TPSA) is 63.7 Å². The number of hydroxylamine groups is 2. The van der Waals surface area contributed by atoms with Crippen molar-refractivity contribution in [3.8, 4) is 0 Å². The molecule has 23 heavy (non-hydrogen) atoms. The minimum Gasteiger partial charge on any atom is -0.330 e. The van der Waals surface area contributed by atoms with Crippen LogP contribution in [0, 0.1) is 0 Å². The fourth-order valence-corrected chi connectivity index (χ4v) is 2.58. The van der Waals surface area contributed by atoms with Crippen molar-refractivity contribution in [3.05, 3.63) is 35.9 Å². The van der Waals surface area contributed by atoms with Crippen LogP contribution in [0.3, 0.4) is 0 Å². The van der Waals surface area contributed by atoms with Crippen molar-refractivity contribution in [2.75, 3.05) is 0 Å². The predicted molar refractivity (Wildman–Crippen MR) is 85.0 cm³/mol. The van der Waals surface area contributed by atoms with Crippen LogP contribution in [0.1, 0.15) is 56.9 Å². The van der Waals surface area contributed by atoms with Gasteiger partial charge in [-0.25, -0.2) is 4.79 Å². The van der Waals surface area contributed by atoms with Crippen LogP contribution in [-0.2, 0) is 25.6 Å². The zero-order chi connectivity index (χ0) is 16.5. The van der Waals surface area contributed by atoms with E-state index in [2.05, 4.69) is 24.3 Å². The Balaban J connectivity index is 1.49. The minimum atomic E-state index is -0.502. The average Bonchev–Trinajstić information content (AvgIpc) is 2.87. The van der Waals surface area contributed by atoms with E-state index in [1.165, 1.54) is 5.56 Å². The number of hydrogen-bond acceptors (Lipinski definition) is 4. The third-order valence-electron chi connectivity index (χ3n) is 3.89. The van der Waals surface area contributed by atoms with E-state index >= 15 is 0 Å². The highest BCUT2D eigenvalue weighted by Crippen LogP contribution is 2.14. The summed E-state index contributed by atoms with van der Waals surface area (Å²) in [5, 5.41) is 0.613. The molecule has 1 heterocycles. The van der Waals surface area contributed by atoms with Crippen LogP contribution in [0.15, 0.2) is 30.3 Å². The second-order valence-corrected chi connectivity index (χ2v) is 5.80. The highest BCUT2D eigenvalue weighted by atomic mass is 16.7. The summed E-state index contributed by atoms with van der Waals surface area (Å²) in [6.07, 6.45) is 6.62. The van der Waals surface area contributed by atoms with E-state index in [1.807, 2.05) is 6.07 Å². The van der Waals surface area contributed by atoms with Crippen LogP contribution in [0.25, 0.3) is 0 Å². The molecule has 1 aliphatic heterocycles. The van der Waals surface area contributed by atoms with Crippen LogP contribution in [0.5, 0.6) is 0 Å². The molecule has 2 rings (SSSR count). The number of amides is 2. The van der Waals surface area contributed by atoms with Gasteiger partial charge in [0.2, 0.25) is 0 Å². The lowest BCUT2D eigenvalue weighted by Gasteiger charge is -2.12. The van der Waals surface area contributed by atoms with Gasteiger partial charge in [-0.1, -0.05) is 49.6 Å². The Bertz CT molecular complexity index is 525. The van der Waals surface area contributed by atoms with Gasteiger partial charge in [-0.2, -0.15) is 0 Å². The van der Waals surface area contributed by atoms with Crippen molar-refractivity contribution < 1.29 is 19.2 Å². The second kappa shape index (κ2) is 9.08. The van der Waals surface area contributed by atoms with Crippen LogP contribution in [0.2, 0.25) is 0 Å². The first-order valence-corrected chi connectivity index (χ1v) is 8.27. The third-order valence-corrected chi connectivity index (χ3v) is 3.89. The fourth-order valence-electron chi connectivity index (χ4n) is 2.58. The molecule has 1 saturated heterocycles. The van der Waals surface area contributed by atoms with Gasteiger partial charge in [0.25, 0.3) is 11.8 Å². The summed E-state index contributed by atoms with van der Waals surface area (Å²) in [5.74, 6) is -1.36. The molecule has 1 aliphatic rings. The largest absolute Gasteiger partial charge is 0.333 e. The lowest BCUT2D eigenvalue weighted by molar-refractivity contribution is -0.197. The summed E-state index contributed by atoms with van der Waals surface area (Å²) < 4.78 is 0. The quantitative estimate of drug-likeness (QED) is 0.518. The third kappa shape index (κ3) is 5.85. The first-order chi connectivity index (χ1) is 11.2. The molecule has 0 aliphatic carbocycles. The number of carbonyl (C=O) groups excluding carboxylic acids is 3. The molecule has 1 fully saturated rings. The predicted octanol–water partition coefficient (Wildman–Crippen LogP) is 3.18. The Labute approximate surface area is 136 Å². The molecule has 0 spiro atoms. The molecule has 0 N–H and O–H groups in total. The van der Waals surface area contributed by atoms with Gasteiger partial charge in [-0.15, -0.1) is 5.06 Å². The molecule has 5 heteroatoms. The first-order valence-electron chi connectivity index (χ1n) is 8.27. The number of hydrogen-bond donors (Lipinski definition) is 0. The van der Waals surface area contributed by atoms with Crippen LogP contribution in [-0.4, -0.2) is 22.8 Å². The number of unbranched alkanes of at least 4 members (excludes halogenated alkanes) is 4. The average molecular weight is 317 g/mol. The monoisotopic (exact) mass is 317 g/mol. The van der Waals surface area contributed by atoms with E-state index in [0.29, 0.717) is 5.06 Å². The standard InChI is InChI=1S/C18H23NO4/c20-16-13-14-17(21)19(16)23-18(22)12-8-3-1-2-5-9-15-10-6-4-7-11-15/h4,6-7,10-11H,1-3,5,8-9,12-14H2. The second-order valence-electron chi connectivity index (χ2n) is 5.80. The molecule has 0 radical (unpaired) electrons. The Hall–Kier alpha value is -2.17. The molecule has 0 saturated carbocycles. The van der Waals surface area contributed by atoms with Crippen molar-refractivity contribution in [2.24, 2.45) is 0 Å². The highest BCUT2D eigenvalue weighted by Gasteiger charge is 2.32. The summed E-state index contributed by atoms with van der Waals surface area (Å²) in [5.41, 5.74) is 1.36. The zero-order valence-electron chi connectivity index (χ0n) is 13.3. The van der Waals surface area contributed by atoms with Gasteiger partial charge >= 0.3 is 5.97 Å². The van der Waals surface area contributed by atoms with E-state index in [9.17, 15) is 14.4 Å². The van der Waals surface area contributed by atoms with E-state index in [-0.39, 0.29) is 19.3 Å². The zero-order valence-corrected chi connectivity index (χ0v) is 13.3. The molecule has 0 bridgehead atoms. The molecular formula is C18H23NO4. The SMILES string of the molecule is O=C(CCCCCCCc1ccccc1)ON1C(=O)CCC1=O. The van der Waals surface area contributed by atoms with Gasteiger partial charge in [-0.3, -0.25) is 9.59 Å². The van der Waals surface area contributed by atoms with Crippen LogP contribution < -0.4 is 0 Å². The maximum atomic E-state index is 11.6. The number of rotatable bonds is 9. The molecule has 1 aromatic carbocycles. The Morgan fingerprint density at radius 2 is 1.52 bits per heavy atom. The van der Waals surface area contributed by atoms with Crippen molar-refractivity contribution in [1.29, 1.82) is 0 Å². The number of imide groups is 1. The van der Waals surface area contributed by atoms with Crippen molar-refractivity contribution in [1.82, 2.24) is 5.06 Å². The first kappa shape index (κ1) is 17.2. The number of nitrogens with zero attached hydrogens (tertiary/aromatic N) is 1. The Morgan fingerprint density at radius 3 is 2.22 bits per heavy atom.